The van der Waals surface area contributed by atoms with Crippen molar-refractivity contribution in [3.63, 3.8) is 0 Å². The lowest BCUT2D eigenvalue weighted by atomic mass is 10.2. The average Bonchev–Trinajstić information content (AvgIpc) is 3.56. The second-order valence-electron chi connectivity index (χ2n) is 7.83. The molecule has 9 nitrogen and oxygen atoms in total. The van der Waals surface area contributed by atoms with Crippen molar-refractivity contribution in [1.29, 1.82) is 0 Å². The van der Waals surface area contributed by atoms with Gasteiger partial charge in [0.1, 0.15) is 6.54 Å². The fourth-order valence-corrected chi connectivity index (χ4v) is 4.37. The average molecular weight is 468 g/mol. The maximum atomic E-state index is 13.1. The predicted octanol–water partition coefficient (Wildman–Crippen LogP) is 3.00. The van der Waals surface area contributed by atoms with Crippen molar-refractivity contribution < 1.29 is 19.1 Å². The van der Waals surface area contributed by atoms with Gasteiger partial charge in [-0.05, 0) is 44.0 Å². The summed E-state index contributed by atoms with van der Waals surface area (Å²) in [5.41, 5.74) is 1.28. The van der Waals surface area contributed by atoms with E-state index in [1.165, 1.54) is 17.8 Å². The van der Waals surface area contributed by atoms with E-state index < -0.39 is 0 Å². The van der Waals surface area contributed by atoms with Crippen molar-refractivity contribution in [3.05, 3.63) is 64.4 Å². The molecule has 0 bridgehead atoms. The summed E-state index contributed by atoms with van der Waals surface area (Å²) in [7, 11) is 0. The van der Waals surface area contributed by atoms with Crippen LogP contribution in [0.5, 0.6) is 0 Å². The number of thiophene rings is 1. The van der Waals surface area contributed by atoms with Crippen LogP contribution in [0.4, 0.5) is 5.69 Å². The second-order valence-corrected chi connectivity index (χ2v) is 8.91. The largest absolute Gasteiger partial charge is 0.376 e. The maximum absolute atomic E-state index is 13.1. The molecule has 0 saturated carbocycles. The summed E-state index contributed by atoms with van der Waals surface area (Å²) in [6, 6.07) is 8.87. The van der Waals surface area contributed by atoms with Crippen LogP contribution in [-0.4, -0.2) is 56.5 Å². The molecule has 1 atom stereocenters. The van der Waals surface area contributed by atoms with Gasteiger partial charge in [0.2, 0.25) is 5.91 Å². The summed E-state index contributed by atoms with van der Waals surface area (Å²) in [5, 5.41) is 6.97. The molecule has 1 unspecified atom stereocenters. The maximum Gasteiger partial charge on any atom is 0.265 e. The van der Waals surface area contributed by atoms with Crippen molar-refractivity contribution >= 4 is 34.6 Å². The number of hydrogen-bond acceptors (Lipinski definition) is 7. The van der Waals surface area contributed by atoms with Gasteiger partial charge in [0.25, 0.3) is 5.91 Å². The van der Waals surface area contributed by atoms with Gasteiger partial charge in [-0.3, -0.25) is 24.0 Å². The Morgan fingerprint density at radius 1 is 1.24 bits per heavy atom. The molecule has 10 heteroatoms. The molecule has 1 N–H and O–H groups in total. The number of nitrogens with one attached hydrogen (secondary N) is 1. The molecular weight excluding hydrogens is 442 g/mol. The number of Topliss-reactive ketones (excluding diaryl/α,β-unsaturated/α-hetero) is 1. The van der Waals surface area contributed by atoms with Crippen LogP contribution in [0.1, 0.15) is 44.8 Å². The summed E-state index contributed by atoms with van der Waals surface area (Å²) in [5.74, 6) is -0.515. The third-order valence-electron chi connectivity index (χ3n) is 5.24. The van der Waals surface area contributed by atoms with E-state index in [9.17, 15) is 14.4 Å². The number of carbonyl (C=O) groups is 3. The van der Waals surface area contributed by atoms with E-state index in [1.807, 2.05) is 18.2 Å². The van der Waals surface area contributed by atoms with Gasteiger partial charge in [-0.1, -0.05) is 6.07 Å². The molecule has 2 amide bonds. The van der Waals surface area contributed by atoms with E-state index >= 15 is 0 Å². The number of aromatic nitrogens is 3. The topological polar surface area (TPSA) is 106 Å². The Morgan fingerprint density at radius 3 is 2.79 bits per heavy atom. The number of pyridine rings is 1. The number of amides is 2. The summed E-state index contributed by atoms with van der Waals surface area (Å²) < 4.78 is 7.22. The lowest BCUT2D eigenvalue weighted by Gasteiger charge is -2.25. The van der Waals surface area contributed by atoms with Gasteiger partial charge in [-0.15, -0.1) is 11.3 Å². The highest BCUT2D eigenvalue weighted by atomic mass is 32.1. The quantitative estimate of drug-likeness (QED) is 0.485. The second kappa shape index (κ2) is 10.5. The van der Waals surface area contributed by atoms with Crippen molar-refractivity contribution in [2.45, 2.75) is 39.0 Å². The van der Waals surface area contributed by atoms with Crippen LogP contribution in [0.15, 0.2) is 48.9 Å². The minimum atomic E-state index is -0.325. The Morgan fingerprint density at radius 2 is 2.09 bits per heavy atom. The molecule has 4 heterocycles. The molecule has 33 heavy (non-hydrogen) atoms. The van der Waals surface area contributed by atoms with Gasteiger partial charge >= 0.3 is 0 Å². The highest BCUT2D eigenvalue weighted by Crippen LogP contribution is 2.19. The van der Waals surface area contributed by atoms with Crippen LogP contribution in [0.3, 0.4) is 0 Å². The van der Waals surface area contributed by atoms with E-state index in [0.717, 1.165) is 36.5 Å². The van der Waals surface area contributed by atoms with Gasteiger partial charge in [0.05, 0.1) is 40.0 Å². The summed E-state index contributed by atoms with van der Waals surface area (Å²) in [6.07, 6.45) is 6.76. The molecule has 1 aliphatic heterocycles. The third-order valence-corrected chi connectivity index (χ3v) is 6.43. The van der Waals surface area contributed by atoms with Crippen LogP contribution in [0.25, 0.3) is 0 Å². The first-order chi connectivity index (χ1) is 16.0. The standard InChI is InChI=1S/C23H25N5O4S/c1-16(29)20-7-8-21(33-20)23(31)26-18-11-25-28(13-18)15-22(30)27(14-19-6-4-10-32-19)12-17-5-2-3-9-24-17/h2-3,5,7-9,11,13,19H,4,6,10,12,14-15H2,1H3,(H,26,31). The Bertz CT molecular complexity index is 1120. The molecule has 1 saturated heterocycles. The van der Waals surface area contributed by atoms with Crippen molar-refractivity contribution in [2.75, 3.05) is 18.5 Å². The number of ether oxygens (including phenoxy) is 1. The first-order valence-electron chi connectivity index (χ1n) is 10.7. The Labute approximate surface area is 195 Å². The molecule has 0 aliphatic carbocycles. The first-order valence-corrected chi connectivity index (χ1v) is 11.5. The normalized spacial score (nSPS) is 15.4. The zero-order valence-corrected chi connectivity index (χ0v) is 19.1. The monoisotopic (exact) mass is 467 g/mol. The number of anilines is 1. The van der Waals surface area contributed by atoms with E-state index in [2.05, 4.69) is 15.4 Å². The van der Waals surface area contributed by atoms with Crippen LogP contribution in [-0.2, 0) is 22.6 Å². The van der Waals surface area contributed by atoms with E-state index in [4.69, 9.17) is 4.74 Å². The molecule has 3 aromatic rings. The minimum Gasteiger partial charge on any atom is -0.376 e. The van der Waals surface area contributed by atoms with E-state index in [0.29, 0.717) is 28.5 Å². The Kier molecular flexibility index (Phi) is 7.26. The van der Waals surface area contributed by atoms with Crippen LogP contribution in [0.2, 0.25) is 0 Å². The highest BCUT2D eigenvalue weighted by Gasteiger charge is 2.23. The van der Waals surface area contributed by atoms with Crippen LogP contribution in [0, 0.1) is 0 Å². The van der Waals surface area contributed by atoms with Crippen molar-refractivity contribution in [2.24, 2.45) is 0 Å². The van der Waals surface area contributed by atoms with Crippen molar-refractivity contribution in [3.8, 4) is 0 Å². The Balaban J connectivity index is 1.39. The molecule has 0 aromatic carbocycles. The molecule has 1 aliphatic rings. The predicted molar refractivity (Wildman–Crippen MR) is 123 cm³/mol. The molecule has 1 fully saturated rings. The fraction of sp³-hybridized carbons (Fsp3) is 0.348. The number of carbonyl (C=O) groups excluding carboxylic acids is 3. The molecular formula is C23H25N5O4S. The van der Waals surface area contributed by atoms with Crippen LogP contribution < -0.4 is 5.32 Å². The first kappa shape index (κ1) is 22.8. The highest BCUT2D eigenvalue weighted by molar-refractivity contribution is 7.16. The summed E-state index contributed by atoms with van der Waals surface area (Å²) in [6.45, 7) is 3.10. The number of hydrogen-bond donors (Lipinski definition) is 1. The summed E-state index contributed by atoms with van der Waals surface area (Å²) >= 11 is 1.14. The fourth-order valence-electron chi connectivity index (χ4n) is 3.57. The van der Waals surface area contributed by atoms with Gasteiger partial charge in [0, 0.05) is 25.5 Å². The van der Waals surface area contributed by atoms with Crippen molar-refractivity contribution in [1.82, 2.24) is 19.7 Å². The molecule has 3 aromatic heterocycles. The SMILES string of the molecule is CC(=O)c1ccc(C(=O)Nc2cnn(CC(=O)N(Cc3ccccn3)CC3CCCO3)c2)s1. The molecule has 0 spiro atoms. The van der Waals surface area contributed by atoms with Gasteiger partial charge in [-0.2, -0.15) is 5.10 Å². The number of nitrogens with zero attached hydrogens (tertiary/aromatic N) is 4. The van der Waals surface area contributed by atoms with Gasteiger partial charge in [-0.25, -0.2) is 0 Å². The lowest BCUT2D eigenvalue weighted by Crippen LogP contribution is -2.39. The molecule has 0 radical (unpaired) electrons. The molecule has 4 rings (SSSR count). The minimum absolute atomic E-state index is 0.0239. The van der Waals surface area contributed by atoms with E-state index in [-0.39, 0.29) is 30.2 Å². The smallest absolute Gasteiger partial charge is 0.265 e. The van der Waals surface area contributed by atoms with Gasteiger partial charge in [0.15, 0.2) is 5.78 Å². The third kappa shape index (κ3) is 6.11. The lowest BCUT2D eigenvalue weighted by molar-refractivity contribution is -0.134. The Hall–Kier alpha value is -3.37. The van der Waals surface area contributed by atoms with E-state index in [1.54, 1.807) is 29.4 Å². The van der Waals surface area contributed by atoms with Gasteiger partial charge < -0.3 is 15.0 Å². The number of rotatable bonds is 9. The number of ketones is 1. The zero-order valence-electron chi connectivity index (χ0n) is 18.3. The van der Waals surface area contributed by atoms with Crippen LogP contribution >= 0.6 is 11.3 Å². The molecule has 172 valence electrons. The summed E-state index contributed by atoms with van der Waals surface area (Å²) in [4.78, 5) is 44.0. The zero-order chi connectivity index (χ0) is 23.2.